The van der Waals surface area contributed by atoms with Crippen LogP contribution in [0.5, 0.6) is 0 Å². The fourth-order valence-electron chi connectivity index (χ4n) is 2.46. The van der Waals surface area contributed by atoms with Crippen molar-refractivity contribution in [1.82, 2.24) is 19.9 Å². The molecule has 0 saturated heterocycles. The first-order chi connectivity index (χ1) is 8.43. The van der Waals surface area contributed by atoms with Crippen LogP contribution in [0.4, 0.5) is 0 Å². The maximum Gasteiger partial charge on any atom is 0.181 e. The molecular weight excluding hydrogens is 212 g/mol. The van der Waals surface area contributed by atoms with Crippen molar-refractivity contribution in [3.05, 3.63) is 24.4 Å². The average molecular weight is 228 g/mol. The molecule has 3 rings (SSSR count). The number of rotatable bonds is 2. The van der Waals surface area contributed by atoms with E-state index in [1.54, 1.807) is 12.7 Å². The highest BCUT2D eigenvalue weighted by Gasteiger charge is 2.10. The fourth-order valence-corrected chi connectivity index (χ4v) is 2.46. The molecule has 17 heavy (non-hydrogen) atoms. The van der Waals surface area contributed by atoms with Crippen molar-refractivity contribution in [3.63, 3.8) is 0 Å². The van der Waals surface area contributed by atoms with E-state index in [9.17, 15) is 0 Å². The fraction of sp³-hybridized carbons (Fsp3) is 0.462. The van der Waals surface area contributed by atoms with E-state index < -0.39 is 0 Å². The number of aromatic nitrogens is 4. The van der Waals surface area contributed by atoms with Crippen LogP contribution in [0.2, 0.25) is 0 Å². The van der Waals surface area contributed by atoms with Crippen molar-refractivity contribution in [2.24, 2.45) is 5.92 Å². The molecule has 2 heterocycles. The van der Waals surface area contributed by atoms with Crippen LogP contribution in [0.3, 0.4) is 0 Å². The van der Waals surface area contributed by atoms with Gasteiger partial charge in [0, 0.05) is 0 Å². The number of nitrogens with one attached hydrogen (secondary N) is 1. The van der Waals surface area contributed by atoms with Crippen molar-refractivity contribution in [3.8, 4) is 0 Å². The van der Waals surface area contributed by atoms with E-state index in [0.717, 1.165) is 22.8 Å². The second kappa shape index (κ2) is 4.65. The van der Waals surface area contributed by atoms with Gasteiger partial charge in [-0.25, -0.2) is 15.0 Å². The van der Waals surface area contributed by atoms with Crippen molar-refractivity contribution < 1.29 is 0 Å². The Morgan fingerprint density at radius 1 is 1.12 bits per heavy atom. The lowest BCUT2D eigenvalue weighted by atomic mass is 9.89. The molecule has 1 fully saturated rings. The first kappa shape index (κ1) is 10.4. The molecule has 0 bridgehead atoms. The number of aromatic amines is 1. The van der Waals surface area contributed by atoms with E-state index in [2.05, 4.69) is 32.1 Å². The Kier molecular flexibility index (Phi) is 2.86. The Labute approximate surface area is 100 Å². The Bertz CT molecular complexity index is 523. The predicted molar refractivity (Wildman–Crippen MR) is 67.3 cm³/mol. The largest absolute Gasteiger partial charge is 0.341 e. The highest BCUT2D eigenvalue weighted by Crippen LogP contribution is 2.25. The maximum absolute atomic E-state index is 4.29. The minimum atomic E-state index is 0.719. The molecule has 2 aromatic heterocycles. The molecule has 1 aliphatic rings. The zero-order chi connectivity index (χ0) is 11.5. The van der Waals surface area contributed by atoms with Gasteiger partial charge in [-0.15, -0.1) is 0 Å². The van der Waals surface area contributed by atoms with Gasteiger partial charge in [-0.2, -0.15) is 0 Å². The standard InChI is InChI=1S/C13H16N4/c1-2-4-10(5-3-1)6-7-11-12-13(16-8-14-11)17-9-15-12/h6-10H,1-5H2,(H,14,15,16,17)/b7-6+. The molecule has 0 aliphatic heterocycles. The Balaban J connectivity index is 1.83. The van der Waals surface area contributed by atoms with Gasteiger partial charge in [0.05, 0.1) is 12.0 Å². The quantitative estimate of drug-likeness (QED) is 0.859. The molecular formula is C13H16N4. The summed E-state index contributed by atoms with van der Waals surface area (Å²) in [6.45, 7) is 0. The number of hydrogen-bond donors (Lipinski definition) is 1. The molecule has 0 spiro atoms. The number of nitrogens with zero attached hydrogens (tertiary/aromatic N) is 3. The van der Waals surface area contributed by atoms with Crippen LogP contribution < -0.4 is 0 Å². The van der Waals surface area contributed by atoms with Gasteiger partial charge in [0.15, 0.2) is 5.65 Å². The lowest BCUT2D eigenvalue weighted by Crippen LogP contribution is -2.02. The van der Waals surface area contributed by atoms with E-state index >= 15 is 0 Å². The third kappa shape index (κ3) is 2.20. The summed E-state index contributed by atoms with van der Waals surface area (Å²) in [5.41, 5.74) is 2.61. The molecule has 0 radical (unpaired) electrons. The molecule has 88 valence electrons. The SMILES string of the molecule is C(=C\C1CCCCC1)/c1ncnc2nc[nH]c12. The third-order valence-corrected chi connectivity index (χ3v) is 3.43. The zero-order valence-corrected chi connectivity index (χ0v) is 9.76. The first-order valence-corrected chi connectivity index (χ1v) is 6.26. The number of hydrogen-bond acceptors (Lipinski definition) is 3. The summed E-state index contributed by atoms with van der Waals surface area (Å²) in [6.07, 6.45) is 14.4. The molecule has 1 aliphatic carbocycles. The van der Waals surface area contributed by atoms with Gasteiger partial charge >= 0.3 is 0 Å². The number of H-pyrrole nitrogens is 1. The summed E-state index contributed by atoms with van der Waals surface area (Å²) in [5.74, 6) is 0.719. The third-order valence-electron chi connectivity index (χ3n) is 3.43. The van der Waals surface area contributed by atoms with Crippen LogP contribution in [-0.4, -0.2) is 19.9 Å². The Hall–Kier alpha value is -1.71. The van der Waals surface area contributed by atoms with Crippen molar-refractivity contribution in [2.45, 2.75) is 32.1 Å². The van der Waals surface area contributed by atoms with Crippen LogP contribution in [0.1, 0.15) is 37.8 Å². The number of allylic oxidation sites excluding steroid dienone is 1. The van der Waals surface area contributed by atoms with Crippen LogP contribution in [0, 0.1) is 5.92 Å². The normalized spacial score (nSPS) is 18.1. The highest BCUT2D eigenvalue weighted by molar-refractivity contribution is 5.78. The van der Waals surface area contributed by atoms with Gasteiger partial charge in [0.2, 0.25) is 0 Å². The molecule has 1 saturated carbocycles. The van der Waals surface area contributed by atoms with Gasteiger partial charge in [0.1, 0.15) is 11.8 Å². The molecule has 4 nitrogen and oxygen atoms in total. The van der Waals surface area contributed by atoms with Crippen molar-refractivity contribution in [1.29, 1.82) is 0 Å². The molecule has 1 N–H and O–H groups in total. The van der Waals surface area contributed by atoms with Gasteiger partial charge in [-0.3, -0.25) is 0 Å². The average Bonchev–Trinajstić information content (AvgIpc) is 2.86. The Morgan fingerprint density at radius 2 is 2.00 bits per heavy atom. The van der Waals surface area contributed by atoms with E-state index in [4.69, 9.17) is 0 Å². The van der Waals surface area contributed by atoms with Gasteiger partial charge in [-0.05, 0) is 24.8 Å². The van der Waals surface area contributed by atoms with Crippen LogP contribution in [-0.2, 0) is 0 Å². The number of fused-ring (bicyclic) bond motifs is 1. The predicted octanol–water partition coefficient (Wildman–Crippen LogP) is 2.95. The summed E-state index contributed by atoms with van der Waals surface area (Å²) in [5, 5.41) is 0. The minimum absolute atomic E-state index is 0.719. The maximum atomic E-state index is 4.29. The van der Waals surface area contributed by atoms with Crippen LogP contribution >= 0.6 is 0 Å². The zero-order valence-electron chi connectivity index (χ0n) is 9.76. The molecule has 4 heteroatoms. The number of imidazole rings is 1. The second-order valence-electron chi connectivity index (χ2n) is 4.62. The smallest absolute Gasteiger partial charge is 0.181 e. The molecule has 0 amide bonds. The van der Waals surface area contributed by atoms with E-state index in [1.807, 2.05) is 0 Å². The minimum Gasteiger partial charge on any atom is -0.341 e. The van der Waals surface area contributed by atoms with Gasteiger partial charge in [0.25, 0.3) is 0 Å². The highest BCUT2D eigenvalue weighted by atomic mass is 15.0. The Morgan fingerprint density at radius 3 is 2.88 bits per heavy atom. The molecule has 0 unspecified atom stereocenters. The molecule has 0 atom stereocenters. The summed E-state index contributed by atoms with van der Waals surface area (Å²) in [7, 11) is 0. The van der Waals surface area contributed by atoms with E-state index in [0.29, 0.717) is 0 Å². The van der Waals surface area contributed by atoms with E-state index in [1.165, 1.54) is 32.1 Å². The molecule has 2 aromatic rings. The monoisotopic (exact) mass is 228 g/mol. The lowest BCUT2D eigenvalue weighted by Gasteiger charge is -2.17. The topological polar surface area (TPSA) is 54.5 Å². The molecule has 0 aromatic carbocycles. The van der Waals surface area contributed by atoms with Crippen LogP contribution in [0.15, 0.2) is 18.7 Å². The summed E-state index contributed by atoms with van der Waals surface area (Å²) >= 11 is 0. The van der Waals surface area contributed by atoms with Crippen molar-refractivity contribution >= 4 is 17.2 Å². The summed E-state index contributed by atoms with van der Waals surface area (Å²) in [6, 6.07) is 0. The lowest BCUT2D eigenvalue weighted by molar-refractivity contribution is 0.420. The van der Waals surface area contributed by atoms with Crippen LogP contribution in [0.25, 0.3) is 17.2 Å². The summed E-state index contributed by atoms with van der Waals surface area (Å²) < 4.78 is 0. The van der Waals surface area contributed by atoms with Gasteiger partial charge in [-0.1, -0.05) is 25.3 Å². The second-order valence-corrected chi connectivity index (χ2v) is 4.62. The van der Waals surface area contributed by atoms with E-state index in [-0.39, 0.29) is 0 Å². The van der Waals surface area contributed by atoms with Gasteiger partial charge < -0.3 is 4.98 Å². The first-order valence-electron chi connectivity index (χ1n) is 6.26. The summed E-state index contributed by atoms with van der Waals surface area (Å²) in [4.78, 5) is 15.6. The van der Waals surface area contributed by atoms with Crippen molar-refractivity contribution in [2.75, 3.05) is 0 Å².